The normalized spacial score (nSPS) is 10.5. The SMILES string of the molecule is CC(C)Oc1ncccc1CNC(=O)CCNC(=O)c1ccsc1. The molecule has 7 heteroatoms. The molecule has 0 saturated heterocycles. The summed E-state index contributed by atoms with van der Waals surface area (Å²) in [5.74, 6) is 0.224. The van der Waals surface area contributed by atoms with Crippen molar-refractivity contribution in [1.29, 1.82) is 0 Å². The molecule has 24 heavy (non-hydrogen) atoms. The second-order valence-corrected chi connectivity index (χ2v) is 6.21. The predicted octanol–water partition coefficient (Wildman–Crippen LogP) is 2.37. The van der Waals surface area contributed by atoms with Crippen molar-refractivity contribution in [3.8, 4) is 5.88 Å². The fourth-order valence-corrected chi connectivity index (χ4v) is 2.59. The molecule has 0 saturated carbocycles. The van der Waals surface area contributed by atoms with Crippen LogP contribution < -0.4 is 15.4 Å². The summed E-state index contributed by atoms with van der Waals surface area (Å²) >= 11 is 1.46. The average Bonchev–Trinajstić information content (AvgIpc) is 3.08. The first kappa shape index (κ1) is 17.9. The van der Waals surface area contributed by atoms with E-state index in [-0.39, 0.29) is 24.3 Å². The van der Waals surface area contributed by atoms with E-state index in [0.717, 1.165) is 5.56 Å². The van der Waals surface area contributed by atoms with Gasteiger partial charge >= 0.3 is 0 Å². The Kier molecular flexibility index (Phi) is 6.74. The van der Waals surface area contributed by atoms with Gasteiger partial charge in [0, 0.05) is 42.2 Å². The minimum atomic E-state index is -0.163. The number of carbonyl (C=O) groups excluding carboxylic acids is 2. The molecule has 2 N–H and O–H groups in total. The summed E-state index contributed by atoms with van der Waals surface area (Å²) in [6, 6.07) is 5.41. The van der Waals surface area contributed by atoms with Gasteiger partial charge in [-0.2, -0.15) is 11.3 Å². The van der Waals surface area contributed by atoms with Crippen LogP contribution in [0.15, 0.2) is 35.2 Å². The molecule has 0 unspecified atom stereocenters. The lowest BCUT2D eigenvalue weighted by molar-refractivity contribution is -0.121. The maximum absolute atomic E-state index is 11.9. The predicted molar refractivity (Wildman–Crippen MR) is 93.1 cm³/mol. The van der Waals surface area contributed by atoms with E-state index >= 15 is 0 Å². The van der Waals surface area contributed by atoms with Gasteiger partial charge in [0.1, 0.15) is 0 Å². The van der Waals surface area contributed by atoms with E-state index < -0.39 is 0 Å². The van der Waals surface area contributed by atoms with E-state index in [4.69, 9.17) is 4.74 Å². The Morgan fingerprint density at radius 1 is 1.29 bits per heavy atom. The monoisotopic (exact) mass is 347 g/mol. The molecule has 0 fully saturated rings. The molecular formula is C17H21N3O3S. The van der Waals surface area contributed by atoms with Crippen molar-refractivity contribution in [2.45, 2.75) is 32.9 Å². The highest BCUT2D eigenvalue weighted by atomic mass is 32.1. The average molecular weight is 347 g/mol. The number of aromatic nitrogens is 1. The van der Waals surface area contributed by atoms with Gasteiger partial charge < -0.3 is 15.4 Å². The lowest BCUT2D eigenvalue weighted by Gasteiger charge is -2.13. The maximum atomic E-state index is 11.9. The number of hydrogen-bond acceptors (Lipinski definition) is 5. The van der Waals surface area contributed by atoms with Crippen LogP contribution in [0.25, 0.3) is 0 Å². The summed E-state index contributed by atoms with van der Waals surface area (Å²) < 4.78 is 5.61. The van der Waals surface area contributed by atoms with E-state index in [9.17, 15) is 9.59 Å². The Labute approximate surface area is 145 Å². The van der Waals surface area contributed by atoms with Crippen LogP contribution in [-0.4, -0.2) is 29.4 Å². The van der Waals surface area contributed by atoms with Crippen LogP contribution in [0.4, 0.5) is 0 Å². The Bertz CT molecular complexity index is 671. The van der Waals surface area contributed by atoms with Crippen LogP contribution in [0, 0.1) is 0 Å². The molecule has 6 nitrogen and oxygen atoms in total. The number of pyridine rings is 1. The fraction of sp³-hybridized carbons (Fsp3) is 0.353. The summed E-state index contributed by atoms with van der Waals surface area (Å²) in [6.45, 7) is 4.48. The van der Waals surface area contributed by atoms with Gasteiger partial charge in [-0.3, -0.25) is 9.59 Å². The molecule has 0 atom stereocenters. The van der Waals surface area contributed by atoms with Gasteiger partial charge in [-0.25, -0.2) is 4.98 Å². The number of ether oxygens (including phenoxy) is 1. The summed E-state index contributed by atoms with van der Waals surface area (Å²) in [6.07, 6.45) is 1.89. The number of amides is 2. The lowest BCUT2D eigenvalue weighted by atomic mass is 10.2. The van der Waals surface area contributed by atoms with Crippen molar-refractivity contribution >= 4 is 23.2 Å². The van der Waals surface area contributed by atoms with Crippen LogP contribution in [-0.2, 0) is 11.3 Å². The molecule has 0 aromatic carbocycles. The van der Waals surface area contributed by atoms with Gasteiger partial charge in [-0.1, -0.05) is 6.07 Å². The zero-order valence-electron chi connectivity index (χ0n) is 13.7. The highest BCUT2D eigenvalue weighted by Gasteiger charge is 2.09. The number of rotatable bonds is 8. The third kappa shape index (κ3) is 5.66. The second kappa shape index (κ2) is 9.02. The fourth-order valence-electron chi connectivity index (χ4n) is 1.96. The summed E-state index contributed by atoms with van der Waals surface area (Å²) in [5, 5.41) is 9.15. The highest BCUT2D eigenvalue weighted by Crippen LogP contribution is 2.15. The van der Waals surface area contributed by atoms with Gasteiger partial charge in [0.15, 0.2) is 0 Å². The smallest absolute Gasteiger partial charge is 0.252 e. The van der Waals surface area contributed by atoms with Crippen molar-refractivity contribution in [2.24, 2.45) is 0 Å². The molecule has 0 bridgehead atoms. The van der Waals surface area contributed by atoms with Crippen molar-refractivity contribution in [2.75, 3.05) is 6.54 Å². The number of nitrogens with one attached hydrogen (secondary N) is 2. The Balaban J connectivity index is 1.74. The quantitative estimate of drug-likeness (QED) is 0.768. The maximum Gasteiger partial charge on any atom is 0.252 e. The van der Waals surface area contributed by atoms with E-state index in [2.05, 4.69) is 15.6 Å². The van der Waals surface area contributed by atoms with Gasteiger partial charge in [0.05, 0.1) is 6.10 Å². The highest BCUT2D eigenvalue weighted by molar-refractivity contribution is 7.08. The largest absolute Gasteiger partial charge is 0.475 e. The summed E-state index contributed by atoms with van der Waals surface area (Å²) in [5.41, 5.74) is 1.44. The van der Waals surface area contributed by atoms with Crippen molar-refractivity contribution in [1.82, 2.24) is 15.6 Å². The second-order valence-electron chi connectivity index (χ2n) is 5.43. The summed E-state index contributed by atoms with van der Waals surface area (Å²) in [4.78, 5) is 27.8. The molecule has 0 spiro atoms. The van der Waals surface area contributed by atoms with Crippen molar-refractivity contribution < 1.29 is 14.3 Å². The van der Waals surface area contributed by atoms with Crippen molar-refractivity contribution in [3.63, 3.8) is 0 Å². The van der Waals surface area contributed by atoms with Crippen LogP contribution in [0.2, 0.25) is 0 Å². The van der Waals surface area contributed by atoms with E-state index in [1.54, 1.807) is 23.7 Å². The zero-order valence-corrected chi connectivity index (χ0v) is 14.6. The van der Waals surface area contributed by atoms with Crippen LogP contribution in [0.1, 0.15) is 36.2 Å². The van der Waals surface area contributed by atoms with Crippen LogP contribution >= 0.6 is 11.3 Å². The molecular weight excluding hydrogens is 326 g/mol. The molecule has 0 radical (unpaired) electrons. The summed E-state index contributed by atoms with van der Waals surface area (Å²) in [7, 11) is 0. The molecule has 0 aliphatic carbocycles. The number of nitrogens with zero attached hydrogens (tertiary/aromatic N) is 1. The molecule has 0 aliphatic rings. The number of hydrogen-bond donors (Lipinski definition) is 2. The third-order valence-electron chi connectivity index (χ3n) is 3.09. The van der Waals surface area contributed by atoms with Crippen molar-refractivity contribution in [3.05, 3.63) is 46.3 Å². The van der Waals surface area contributed by atoms with E-state index in [0.29, 0.717) is 24.5 Å². The minimum absolute atomic E-state index is 0.0154. The molecule has 2 rings (SSSR count). The number of thiophene rings is 1. The molecule has 2 aromatic heterocycles. The molecule has 2 amide bonds. The Morgan fingerprint density at radius 2 is 2.12 bits per heavy atom. The lowest BCUT2D eigenvalue weighted by Crippen LogP contribution is -2.30. The first-order valence-corrected chi connectivity index (χ1v) is 8.68. The standard InChI is InChI=1S/C17H21N3O3S/c1-12(2)23-17-13(4-3-7-19-17)10-20-15(21)5-8-18-16(22)14-6-9-24-11-14/h3-4,6-7,9,11-12H,5,8,10H2,1-2H3,(H,18,22)(H,20,21). The third-order valence-corrected chi connectivity index (χ3v) is 3.78. The topological polar surface area (TPSA) is 80.3 Å². The van der Waals surface area contributed by atoms with Gasteiger partial charge in [-0.15, -0.1) is 0 Å². The van der Waals surface area contributed by atoms with Crippen LogP contribution in [0.5, 0.6) is 5.88 Å². The van der Waals surface area contributed by atoms with E-state index in [1.165, 1.54) is 11.3 Å². The molecule has 2 heterocycles. The number of carbonyl (C=O) groups is 2. The van der Waals surface area contributed by atoms with Gasteiger partial charge in [0.2, 0.25) is 11.8 Å². The van der Waals surface area contributed by atoms with E-state index in [1.807, 2.05) is 25.3 Å². The van der Waals surface area contributed by atoms with Crippen LogP contribution in [0.3, 0.4) is 0 Å². The first-order chi connectivity index (χ1) is 11.6. The molecule has 128 valence electrons. The van der Waals surface area contributed by atoms with Gasteiger partial charge in [-0.05, 0) is 31.4 Å². The minimum Gasteiger partial charge on any atom is -0.475 e. The zero-order chi connectivity index (χ0) is 17.4. The Morgan fingerprint density at radius 3 is 2.83 bits per heavy atom. The molecule has 2 aromatic rings. The first-order valence-electron chi connectivity index (χ1n) is 7.74. The Hall–Kier alpha value is -2.41. The van der Waals surface area contributed by atoms with Gasteiger partial charge in [0.25, 0.3) is 5.91 Å². The molecule has 0 aliphatic heterocycles.